The van der Waals surface area contributed by atoms with Crippen molar-refractivity contribution >= 4 is 11.8 Å². The van der Waals surface area contributed by atoms with Crippen molar-refractivity contribution in [3.05, 3.63) is 77.2 Å². The van der Waals surface area contributed by atoms with Gasteiger partial charge in [-0.05, 0) is 67.7 Å². The molecule has 1 aromatic heterocycles. The van der Waals surface area contributed by atoms with Crippen LogP contribution in [0.5, 0.6) is 0 Å². The Kier molecular flexibility index (Phi) is 10.1. The number of nitrogens with two attached hydrogens (primary N) is 1. The number of hydrogen-bond donors (Lipinski definition) is 3. The highest BCUT2D eigenvalue weighted by Crippen LogP contribution is 2.38. The first-order valence-electron chi connectivity index (χ1n) is 13.9. The van der Waals surface area contributed by atoms with Gasteiger partial charge in [-0.3, -0.25) is 14.6 Å². The molecular weight excluding hydrogens is 595 g/mol. The molecule has 1 aliphatic carbocycles. The zero-order valence-electron chi connectivity index (χ0n) is 23.8. The Labute approximate surface area is 249 Å². The monoisotopic (exact) mass is 627 g/mol. The number of carbonyl (C=O) groups excluding carboxylic acids is 2. The zero-order chi connectivity index (χ0) is 32.3. The molecule has 1 saturated heterocycles. The first kappa shape index (κ1) is 33.1. The molecule has 14 heteroatoms. The second kappa shape index (κ2) is 13.5. The summed E-state index contributed by atoms with van der Waals surface area (Å²) in [7, 11) is 0. The number of hydrazine groups is 1. The minimum Gasteiger partial charge on any atom is -0.366 e. The fraction of sp³-hybridized carbons (Fsp3) is 0.433. The molecule has 2 heterocycles. The van der Waals surface area contributed by atoms with Gasteiger partial charge in [0.25, 0.3) is 18.8 Å². The Bertz CT molecular complexity index is 1450. The molecule has 0 saturated carbocycles. The second-order valence-corrected chi connectivity index (χ2v) is 11.0. The van der Waals surface area contributed by atoms with E-state index >= 15 is 0 Å². The van der Waals surface area contributed by atoms with Gasteiger partial charge in [0, 0.05) is 18.2 Å². The number of allylic oxidation sites excluding steroid dienone is 3. The quantitative estimate of drug-likeness (QED) is 0.278. The molecule has 2 amide bonds. The lowest BCUT2D eigenvalue weighted by atomic mass is 9.91. The van der Waals surface area contributed by atoms with E-state index in [0.717, 1.165) is 24.1 Å². The predicted molar refractivity (Wildman–Crippen MR) is 148 cm³/mol. The third-order valence-electron chi connectivity index (χ3n) is 7.86. The van der Waals surface area contributed by atoms with Crippen LogP contribution in [0.4, 0.5) is 30.7 Å². The molecule has 1 aromatic carbocycles. The second-order valence-electron chi connectivity index (χ2n) is 11.0. The van der Waals surface area contributed by atoms with E-state index < -0.39 is 84.6 Å². The molecule has 0 spiro atoms. The molecule has 4 N–H and O–H groups in total. The predicted octanol–water partition coefficient (Wildman–Crippen LogP) is 5.70. The van der Waals surface area contributed by atoms with Gasteiger partial charge >= 0.3 is 0 Å². The Morgan fingerprint density at radius 2 is 1.93 bits per heavy atom. The van der Waals surface area contributed by atoms with E-state index in [4.69, 9.17) is 5.73 Å². The highest BCUT2D eigenvalue weighted by atomic mass is 19.3. The zero-order valence-corrected chi connectivity index (χ0v) is 23.8. The van der Waals surface area contributed by atoms with Crippen LogP contribution in [0.15, 0.2) is 60.1 Å². The van der Waals surface area contributed by atoms with E-state index in [9.17, 15) is 40.3 Å². The minimum absolute atomic E-state index is 0.0669. The molecule has 0 radical (unpaired) electrons. The average Bonchev–Trinajstić information content (AvgIpc) is 3.31. The summed E-state index contributed by atoms with van der Waals surface area (Å²) in [5.74, 6) is -3.47. The van der Waals surface area contributed by atoms with Gasteiger partial charge in [-0.25, -0.2) is 41.2 Å². The molecule has 4 rings (SSSR count). The van der Waals surface area contributed by atoms with Gasteiger partial charge in [-0.2, -0.15) is 0 Å². The van der Waals surface area contributed by atoms with Crippen LogP contribution in [0.2, 0.25) is 0 Å². The summed E-state index contributed by atoms with van der Waals surface area (Å²) >= 11 is 0. The number of benzene rings is 1. The van der Waals surface area contributed by atoms with Gasteiger partial charge in [0.1, 0.15) is 23.9 Å². The number of nitrogens with one attached hydrogen (secondary N) is 2. The van der Waals surface area contributed by atoms with E-state index in [1.165, 1.54) is 37.4 Å². The van der Waals surface area contributed by atoms with Gasteiger partial charge in [0.2, 0.25) is 5.91 Å². The largest absolute Gasteiger partial charge is 0.366 e. The molecule has 44 heavy (non-hydrogen) atoms. The molecule has 1 aliphatic heterocycles. The van der Waals surface area contributed by atoms with Crippen LogP contribution >= 0.6 is 0 Å². The topological polar surface area (TPSA) is 100 Å². The maximum Gasteiger partial charge on any atom is 0.257 e. The third kappa shape index (κ3) is 6.96. The Hall–Kier alpha value is -3.78. The van der Waals surface area contributed by atoms with E-state index in [1.807, 2.05) is 0 Å². The molecule has 5 atom stereocenters. The highest BCUT2D eigenvalue weighted by molar-refractivity contribution is 5.94. The normalized spacial score (nSPS) is 23.8. The maximum atomic E-state index is 14.3. The third-order valence-corrected chi connectivity index (χ3v) is 7.86. The van der Waals surface area contributed by atoms with Crippen LogP contribution in [0, 0.1) is 5.82 Å². The van der Waals surface area contributed by atoms with Crippen LogP contribution in [0.3, 0.4) is 0 Å². The molecule has 0 bridgehead atoms. The van der Waals surface area contributed by atoms with Crippen molar-refractivity contribution in [2.75, 3.05) is 0 Å². The van der Waals surface area contributed by atoms with Crippen LogP contribution in [-0.4, -0.2) is 58.5 Å². The number of primary amides is 1. The summed E-state index contributed by atoms with van der Waals surface area (Å²) < 4.78 is 98.3. The van der Waals surface area contributed by atoms with Crippen molar-refractivity contribution in [2.24, 2.45) is 5.73 Å². The Balaban J connectivity index is 1.76. The van der Waals surface area contributed by atoms with Crippen molar-refractivity contribution in [3.8, 4) is 11.1 Å². The van der Waals surface area contributed by atoms with Gasteiger partial charge < -0.3 is 11.1 Å². The number of aromatic nitrogens is 1. The number of nitrogens with zero attached hydrogens (tertiary/aromatic N) is 2. The van der Waals surface area contributed by atoms with Crippen molar-refractivity contribution in [3.63, 3.8) is 0 Å². The van der Waals surface area contributed by atoms with E-state index in [-0.39, 0.29) is 29.7 Å². The van der Waals surface area contributed by atoms with Crippen molar-refractivity contribution < 1.29 is 40.3 Å². The Morgan fingerprint density at radius 1 is 1.20 bits per heavy atom. The lowest BCUT2D eigenvalue weighted by Crippen LogP contribution is -2.60. The number of alkyl halides is 5. The number of amides is 2. The minimum atomic E-state index is -3.08. The summed E-state index contributed by atoms with van der Waals surface area (Å²) in [4.78, 5) is 30.0. The number of carbonyl (C=O) groups is 2. The smallest absolute Gasteiger partial charge is 0.257 e. The van der Waals surface area contributed by atoms with Gasteiger partial charge in [-0.1, -0.05) is 19.1 Å². The standard InChI is InChI=1S/C30H32F7N5O2/c1-3-24(42-30(2,29(36)37)14-23(41-42)26(34)35)28(44)40-22(11-15-9-17(31)13-18(32)10-15)25-19(5-4-8-39-25)16-6-7-21(33)20(12-16)27(38)43/h4-10,12,17,22-24,26,29,41H,3,11,13-14H2,1-2H3,(H2,38,43)(H,40,44)/t17?,22-,23?,24?,30?/m0/s1. The molecule has 4 unspecified atom stereocenters. The fourth-order valence-electron chi connectivity index (χ4n) is 5.64. The Morgan fingerprint density at radius 3 is 2.55 bits per heavy atom. The maximum absolute atomic E-state index is 14.3. The number of halogens is 7. The number of pyridine rings is 1. The first-order valence-corrected chi connectivity index (χ1v) is 13.9. The van der Waals surface area contributed by atoms with Crippen LogP contribution in [-0.2, 0) is 4.79 Å². The lowest BCUT2D eigenvalue weighted by molar-refractivity contribution is -0.135. The lowest BCUT2D eigenvalue weighted by Gasteiger charge is -2.38. The van der Waals surface area contributed by atoms with Crippen molar-refractivity contribution in [1.82, 2.24) is 20.7 Å². The van der Waals surface area contributed by atoms with Crippen LogP contribution < -0.4 is 16.5 Å². The average molecular weight is 628 g/mol. The summed E-state index contributed by atoms with van der Waals surface area (Å²) in [5, 5.41) is 3.58. The van der Waals surface area contributed by atoms with Crippen LogP contribution in [0.1, 0.15) is 61.6 Å². The number of rotatable bonds is 11. The number of hydrogen-bond acceptors (Lipinski definition) is 5. The molecule has 2 aromatic rings. The van der Waals surface area contributed by atoms with Crippen molar-refractivity contribution in [2.45, 2.75) is 82.2 Å². The van der Waals surface area contributed by atoms with Crippen LogP contribution in [0.25, 0.3) is 11.1 Å². The van der Waals surface area contributed by atoms with Gasteiger partial charge in [0.05, 0.1) is 28.9 Å². The van der Waals surface area contributed by atoms with Gasteiger partial charge in [0.15, 0.2) is 0 Å². The molecule has 7 nitrogen and oxygen atoms in total. The molecular formula is C30H32F7N5O2. The van der Waals surface area contributed by atoms with E-state index in [0.29, 0.717) is 5.56 Å². The van der Waals surface area contributed by atoms with Gasteiger partial charge in [-0.15, -0.1) is 0 Å². The summed E-state index contributed by atoms with van der Waals surface area (Å²) in [6, 6.07) is 2.53. The van der Waals surface area contributed by atoms with E-state index in [1.54, 1.807) is 6.07 Å². The summed E-state index contributed by atoms with van der Waals surface area (Å²) in [6.45, 7) is 2.61. The van der Waals surface area contributed by atoms with E-state index in [2.05, 4.69) is 15.7 Å². The fourth-order valence-corrected chi connectivity index (χ4v) is 5.64. The molecule has 238 valence electrons. The van der Waals surface area contributed by atoms with Crippen molar-refractivity contribution in [1.29, 1.82) is 0 Å². The summed E-state index contributed by atoms with van der Waals surface area (Å²) in [5.41, 5.74) is 6.07. The molecule has 1 fully saturated rings. The first-order chi connectivity index (χ1) is 20.7. The summed E-state index contributed by atoms with van der Waals surface area (Å²) in [6.07, 6.45) is -5.39. The highest BCUT2D eigenvalue weighted by Gasteiger charge is 2.54. The molecule has 2 aliphatic rings. The SMILES string of the molecule is CCC(C(=O)N[C@@H](CC1=CC(F)CC(F)=C1)c1ncccc1-c1ccc(F)c(C(N)=O)c1)N1NC(C(F)F)CC1(C)C(F)F.